The second kappa shape index (κ2) is 7.31. The molecular weight excluding hydrogens is 256 g/mol. The maximum atomic E-state index is 12.2. The van der Waals surface area contributed by atoms with Gasteiger partial charge in [0.15, 0.2) is 0 Å². The number of nitrogens with zero attached hydrogens (tertiary/aromatic N) is 1. The fourth-order valence-corrected chi connectivity index (χ4v) is 1.73. The Morgan fingerprint density at radius 1 is 1.40 bits per heavy atom. The molecule has 0 atom stereocenters. The lowest BCUT2D eigenvalue weighted by Gasteiger charge is -2.17. The number of benzene rings is 1. The van der Waals surface area contributed by atoms with Crippen LogP contribution in [0.25, 0.3) is 0 Å². The average molecular weight is 274 g/mol. The van der Waals surface area contributed by atoms with Crippen molar-refractivity contribution in [2.24, 2.45) is 5.73 Å². The Kier molecular flexibility index (Phi) is 5.75. The van der Waals surface area contributed by atoms with E-state index in [1.54, 1.807) is 19.1 Å². The van der Waals surface area contributed by atoms with Gasteiger partial charge in [0.2, 0.25) is 5.91 Å². The van der Waals surface area contributed by atoms with Crippen molar-refractivity contribution in [2.45, 2.75) is 13.3 Å². The molecule has 0 unspecified atom stereocenters. The van der Waals surface area contributed by atoms with Gasteiger partial charge in [-0.25, -0.2) is 0 Å². The lowest BCUT2D eigenvalue weighted by molar-refractivity contribution is -0.118. The summed E-state index contributed by atoms with van der Waals surface area (Å²) in [5.74, 6) is 4.91. The summed E-state index contributed by atoms with van der Waals surface area (Å²) >= 11 is 0. The van der Waals surface area contributed by atoms with Gasteiger partial charge >= 0.3 is 0 Å². The van der Waals surface area contributed by atoms with Crippen molar-refractivity contribution >= 4 is 11.8 Å². The molecule has 5 heteroatoms. The highest BCUT2D eigenvalue weighted by molar-refractivity contribution is 5.97. The Labute approximate surface area is 118 Å². The molecule has 0 saturated carbocycles. The Balaban J connectivity index is 3.02. The highest BCUT2D eigenvalue weighted by Crippen LogP contribution is 2.14. The number of carbonyl (C=O) groups excluding carboxylic acids is 2. The van der Waals surface area contributed by atoms with Crippen LogP contribution in [0.15, 0.2) is 18.2 Å². The van der Waals surface area contributed by atoms with E-state index in [0.29, 0.717) is 12.0 Å². The second-order valence-corrected chi connectivity index (χ2v) is 4.38. The van der Waals surface area contributed by atoms with E-state index in [9.17, 15) is 9.59 Å². The molecule has 2 amide bonds. The predicted molar refractivity (Wildman–Crippen MR) is 75.9 cm³/mol. The molecule has 1 aromatic carbocycles. The molecule has 0 aromatic heterocycles. The van der Waals surface area contributed by atoms with E-state index in [4.69, 9.17) is 10.8 Å². The van der Waals surface area contributed by atoms with Crippen LogP contribution in [0.2, 0.25) is 0 Å². The zero-order chi connectivity index (χ0) is 15.1. The molecule has 1 rings (SSSR count). The van der Waals surface area contributed by atoms with Crippen molar-refractivity contribution in [1.29, 1.82) is 0 Å². The van der Waals surface area contributed by atoms with E-state index in [-0.39, 0.29) is 19.1 Å². The van der Waals surface area contributed by atoms with Gasteiger partial charge in [0.25, 0.3) is 5.91 Å². The first kappa shape index (κ1) is 15.7. The monoisotopic (exact) mass is 274 g/mol. The summed E-state index contributed by atoms with van der Waals surface area (Å²) in [5.41, 5.74) is 7.05. The van der Waals surface area contributed by atoms with Gasteiger partial charge in [-0.2, -0.15) is 0 Å². The fourth-order valence-electron chi connectivity index (χ4n) is 1.73. The van der Waals surface area contributed by atoms with Crippen LogP contribution < -0.4 is 5.73 Å². The zero-order valence-electron chi connectivity index (χ0n) is 11.6. The molecule has 0 heterocycles. The van der Waals surface area contributed by atoms with E-state index in [2.05, 4.69) is 11.8 Å². The van der Waals surface area contributed by atoms with Crippen molar-refractivity contribution in [3.8, 4) is 11.8 Å². The third-order valence-electron chi connectivity index (χ3n) is 2.76. The summed E-state index contributed by atoms with van der Waals surface area (Å²) in [6.45, 7) is 1.68. The smallest absolute Gasteiger partial charge is 0.254 e. The molecule has 0 spiro atoms. The summed E-state index contributed by atoms with van der Waals surface area (Å²) < 4.78 is 0. The first-order chi connectivity index (χ1) is 9.47. The van der Waals surface area contributed by atoms with Crippen molar-refractivity contribution in [3.05, 3.63) is 34.9 Å². The molecule has 1 aromatic rings. The average Bonchev–Trinajstić information content (AvgIpc) is 2.39. The van der Waals surface area contributed by atoms with E-state index < -0.39 is 5.91 Å². The van der Waals surface area contributed by atoms with Gasteiger partial charge in [0.05, 0.1) is 13.2 Å². The summed E-state index contributed by atoms with van der Waals surface area (Å²) in [4.78, 5) is 24.3. The van der Waals surface area contributed by atoms with Crippen molar-refractivity contribution in [1.82, 2.24) is 4.90 Å². The molecule has 20 heavy (non-hydrogen) atoms. The number of likely N-dealkylation sites (N-methyl/N-ethyl adjacent to an activating group) is 1. The molecule has 0 bridgehead atoms. The summed E-state index contributed by atoms with van der Waals surface area (Å²) in [6.07, 6.45) is 0.388. The van der Waals surface area contributed by atoms with Crippen molar-refractivity contribution in [3.63, 3.8) is 0 Å². The van der Waals surface area contributed by atoms with E-state index in [1.807, 2.05) is 6.07 Å². The molecule has 0 aliphatic heterocycles. The summed E-state index contributed by atoms with van der Waals surface area (Å²) in [6, 6.07) is 5.23. The third kappa shape index (κ3) is 4.11. The molecular formula is C15H18N2O3. The number of carbonyl (C=O) groups is 2. The number of rotatable bonds is 4. The molecule has 0 radical (unpaired) electrons. The number of hydrogen-bond donors (Lipinski definition) is 2. The van der Waals surface area contributed by atoms with Crippen LogP contribution >= 0.6 is 0 Å². The van der Waals surface area contributed by atoms with Gasteiger partial charge in [0.1, 0.15) is 0 Å². The van der Waals surface area contributed by atoms with Gasteiger partial charge in [-0.1, -0.05) is 17.9 Å². The minimum absolute atomic E-state index is 0.00597. The van der Waals surface area contributed by atoms with Crippen LogP contribution in [0.1, 0.15) is 27.9 Å². The minimum Gasteiger partial charge on any atom is -0.395 e. The molecule has 0 saturated heterocycles. The highest BCUT2D eigenvalue weighted by Gasteiger charge is 2.16. The normalized spacial score (nSPS) is 9.55. The van der Waals surface area contributed by atoms with Gasteiger partial charge in [-0.05, 0) is 24.6 Å². The van der Waals surface area contributed by atoms with Crippen LogP contribution in [-0.4, -0.2) is 42.0 Å². The standard InChI is InChI=1S/C15H18N2O3/c1-11-12(6-3-4-9-18)7-5-8-13(11)15(20)17(2)10-14(16)19/h5,7-8,18H,4,9-10H2,1-2H3,(H2,16,19). The largest absolute Gasteiger partial charge is 0.395 e. The Hall–Kier alpha value is -2.32. The van der Waals surface area contributed by atoms with Gasteiger partial charge < -0.3 is 15.7 Å². The van der Waals surface area contributed by atoms with Crippen LogP contribution in [0.3, 0.4) is 0 Å². The summed E-state index contributed by atoms with van der Waals surface area (Å²) in [7, 11) is 1.52. The SMILES string of the molecule is Cc1c(C#CCCO)cccc1C(=O)N(C)CC(N)=O. The first-order valence-corrected chi connectivity index (χ1v) is 6.20. The van der Waals surface area contributed by atoms with Crippen LogP contribution in [0.5, 0.6) is 0 Å². The third-order valence-corrected chi connectivity index (χ3v) is 2.76. The number of hydrogen-bond acceptors (Lipinski definition) is 3. The lowest BCUT2D eigenvalue weighted by atomic mass is 10.0. The quantitative estimate of drug-likeness (QED) is 0.774. The first-order valence-electron chi connectivity index (χ1n) is 6.20. The molecule has 106 valence electrons. The maximum absolute atomic E-state index is 12.2. The number of primary amides is 1. The topological polar surface area (TPSA) is 83.6 Å². The highest BCUT2D eigenvalue weighted by atomic mass is 16.2. The molecule has 0 fully saturated rings. The molecule has 3 N–H and O–H groups in total. The van der Waals surface area contributed by atoms with Crippen molar-refractivity contribution < 1.29 is 14.7 Å². The number of amides is 2. The van der Waals surface area contributed by atoms with E-state index >= 15 is 0 Å². The van der Waals surface area contributed by atoms with Crippen LogP contribution in [-0.2, 0) is 4.79 Å². The molecule has 0 aliphatic rings. The Bertz CT molecular complexity index is 570. The van der Waals surface area contributed by atoms with Gasteiger partial charge in [-0.15, -0.1) is 0 Å². The van der Waals surface area contributed by atoms with Gasteiger partial charge in [-0.3, -0.25) is 9.59 Å². The van der Waals surface area contributed by atoms with E-state index in [0.717, 1.165) is 11.1 Å². The predicted octanol–water partition coefficient (Wildman–Crippen LogP) is 0.286. The lowest BCUT2D eigenvalue weighted by Crippen LogP contribution is -2.35. The fraction of sp³-hybridized carbons (Fsp3) is 0.333. The number of nitrogens with two attached hydrogens (primary N) is 1. The Morgan fingerprint density at radius 3 is 2.70 bits per heavy atom. The Morgan fingerprint density at radius 2 is 2.10 bits per heavy atom. The van der Waals surface area contributed by atoms with Crippen molar-refractivity contribution in [2.75, 3.05) is 20.2 Å². The van der Waals surface area contributed by atoms with E-state index in [1.165, 1.54) is 11.9 Å². The minimum atomic E-state index is -0.558. The zero-order valence-corrected chi connectivity index (χ0v) is 11.6. The second-order valence-electron chi connectivity index (χ2n) is 4.38. The molecule has 0 aliphatic carbocycles. The number of aliphatic hydroxyl groups is 1. The van der Waals surface area contributed by atoms with Crippen LogP contribution in [0, 0.1) is 18.8 Å². The van der Waals surface area contributed by atoms with Crippen LogP contribution in [0.4, 0.5) is 0 Å². The summed E-state index contributed by atoms with van der Waals surface area (Å²) in [5, 5.41) is 8.71. The number of aliphatic hydroxyl groups excluding tert-OH is 1. The van der Waals surface area contributed by atoms with Gasteiger partial charge in [0, 0.05) is 24.6 Å². The molecule has 5 nitrogen and oxygen atoms in total. The maximum Gasteiger partial charge on any atom is 0.254 e.